The van der Waals surface area contributed by atoms with E-state index in [2.05, 4.69) is 103 Å². The van der Waals surface area contributed by atoms with E-state index >= 15 is 0 Å². The SMILES string of the molecule is Brc1ccc2c(c1)c1ccc(-c3ccccc3)cc1c1nnc(-c3ccccc3)n21. The Morgan fingerprint density at radius 1 is 0.567 bits per heavy atom. The lowest BCUT2D eigenvalue weighted by Gasteiger charge is -2.11. The molecule has 2 aromatic heterocycles. The number of aromatic nitrogens is 3. The van der Waals surface area contributed by atoms with E-state index in [4.69, 9.17) is 0 Å². The number of fused-ring (bicyclic) bond motifs is 6. The summed E-state index contributed by atoms with van der Waals surface area (Å²) in [4.78, 5) is 0. The first-order valence-electron chi connectivity index (χ1n) is 9.80. The van der Waals surface area contributed by atoms with Crippen molar-refractivity contribution in [2.75, 3.05) is 0 Å². The lowest BCUT2D eigenvalue weighted by atomic mass is 9.99. The van der Waals surface area contributed by atoms with E-state index < -0.39 is 0 Å². The van der Waals surface area contributed by atoms with Crippen LogP contribution >= 0.6 is 15.9 Å². The van der Waals surface area contributed by atoms with Gasteiger partial charge in [0.15, 0.2) is 11.5 Å². The minimum absolute atomic E-state index is 0.852. The molecule has 0 saturated carbocycles. The van der Waals surface area contributed by atoms with Crippen molar-refractivity contribution in [2.45, 2.75) is 0 Å². The third-order valence-electron chi connectivity index (χ3n) is 5.55. The first-order valence-corrected chi connectivity index (χ1v) is 10.6. The average molecular weight is 450 g/mol. The average Bonchev–Trinajstić information content (AvgIpc) is 3.25. The summed E-state index contributed by atoms with van der Waals surface area (Å²) in [5.41, 5.74) is 5.37. The molecule has 0 atom stereocenters. The highest BCUT2D eigenvalue weighted by molar-refractivity contribution is 9.10. The fourth-order valence-electron chi connectivity index (χ4n) is 4.15. The Morgan fingerprint density at radius 3 is 2.07 bits per heavy atom. The van der Waals surface area contributed by atoms with E-state index in [1.165, 1.54) is 21.9 Å². The third kappa shape index (κ3) is 2.65. The van der Waals surface area contributed by atoms with Gasteiger partial charge in [0, 0.05) is 20.8 Å². The molecule has 0 spiro atoms. The normalized spacial score (nSPS) is 11.5. The highest BCUT2D eigenvalue weighted by Gasteiger charge is 2.16. The Kier molecular flexibility index (Phi) is 3.93. The molecule has 0 amide bonds. The van der Waals surface area contributed by atoms with Gasteiger partial charge in [-0.1, -0.05) is 88.7 Å². The van der Waals surface area contributed by atoms with Crippen LogP contribution in [0.4, 0.5) is 0 Å². The molecule has 0 aliphatic rings. The lowest BCUT2D eigenvalue weighted by molar-refractivity contribution is 1.12. The Hall–Kier alpha value is -3.50. The van der Waals surface area contributed by atoms with Gasteiger partial charge in [0.25, 0.3) is 0 Å². The third-order valence-corrected chi connectivity index (χ3v) is 6.05. The molecular weight excluding hydrogens is 434 g/mol. The van der Waals surface area contributed by atoms with Gasteiger partial charge in [-0.25, -0.2) is 0 Å². The number of hydrogen-bond donors (Lipinski definition) is 0. The second-order valence-electron chi connectivity index (χ2n) is 7.34. The molecule has 0 aliphatic heterocycles. The minimum atomic E-state index is 0.852. The topological polar surface area (TPSA) is 30.2 Å². The van der Waals surface area contributed by atoms with E-state index in [1.54, 1.807) is 0 Å². The maximum atomic E-state index is 4.63. The van der Waals surface area contributed by atoms with Crippen LogP contribution in [0, 0.1) is 0 Å². The van der Waals surface area contributed by atoms with Gasteiger partial charge in [-0.2, -0.15) is 0 Å². The minimum Gasteiger partial charge on any atom is -0.274 e. The van der Waals surface area contributed by atoms with E-state index in [-0.39, 0.29) is 0 Å². The van der Waals surface area contributed by atoms with Gasteiger partial charge in [-0.15, -0.1) is 10.2 Å². The van der Waals surface area contributed by atoms with Gasteiger partial charge in [-0.05, 0) is 40.8 Å². The summed E-state index contributed by atoms with van der Waals surface area (Å²) in [6.45, 7) is 0. The summed E-state index contributed by atoms with van der Waals surface area (Å²) in [5, 5.41) is 12.7. The van der Waals surface area contributed by atoms with Crippen LogP contribution in [0.15, 0.2) is 102 Å². The largest absolute Gasteiger partial charge is 0.274 e. The highest BCUT2D eigenvalue weighted by atomic mass is 79.9. The van der Waals surface area contributed by atoms with Crippen LogP contribution in [0.1, 0.15) is 0 Å². The molecule has 6 rings (SSSR count). The van der Waals surface area contributed by atoms with Crippen molar-refractivity contribution < 1.29 is 0 Å². The maximum absolute atomic E-state index is 4.63. The first kappa shape index (κ1) is 17.4. The zero-order chi connectivity index (χ0) is 20.1. The molecule has 0 aliphatic carbocycles. The molecule has 142 valence electrons. The monoisotopic (exact) mass is 449 g/mol. The molecule has 2 heterocycles. The highest BCUT2D eigenvalue weighted by Crippen LogP contribution is 2.35. The molecule has 0 saturated heterocycles. The summed E-state index contributed by atoms with van der Waals surface area (Å²) >= 11 is 3.65. The van der Waals surface area contributed by atoms with Gasteiger partial charge in [-0.3, -0.25) is 4.40 Å². The first-order chi connectivity index (χ1) is 14.8. The van der Waals surface area contributed by atoms with Crippen LogP contribution in [0.2, 0.25) is 0 Å². The fraction of sp³-hybridized carbons (Fsp3) is 0. The predicted octanol–water partition coefficient (Wildman–Crippen LogP) is 7.13. The zero-order valence-electron chi connectivity index (χ0n) is 16.0. The summed E-state index contributed by atoms with van der Waals surface area (Å²) in [5.74, 6) is 0.852. The molecule has 4 heteroatoms. The van der Waals surface area contributed by atoms with Gasteiger partial charge in [0.2, 0.25) is 0 Å². The van der Waals surface area contributed by atoms with Crippen LogP contribution in [0.3, 0.4) is 0 Å². The van der Waals surface area contributed by atoms with Crippen molar-refractivity contribution in [1.29, 1.82) is 0 Å². The van der Waals surface area contributed by atoms with Crippen molar-refractivity contribution in [3.63, 3.8) is 0 Å². The Balaban J connectivity index is 1.77. The van der Waals surface area contributed by atoms with Gasteiger partial charge < -0.3 is 0 Å². The Labute approximate surface area is 181 Å². The van der Waals surface area contributed by atoms with Crippen LogP contribution < -0.4 is 0 Å². The van der Waals surface area contributed by atoms with Gasteiger partial charge in [0.1, 0.15) is 0 Å². The summed E-state index contributed by atoms with van der Waals surface area (Å²) in [6, 6.07) is 33.7. The predicted molar refractivity (Wildman–Crippen MR) is 127 cm³/mol. The standard InChI is InChI=1S/C26H16BrN3/c27-20-12-14-24-22(16-20)21-13-11-19(17-7-3-1-4-8-17)15-23(21)26-29-28-25(30(24)26)18-9-5-2-6-10-18/h1-16H. The molecule has 0 unspecified atom stereocenters. The van der Waals surface area contributed by atoms with Crippen LogP contribution in [0.5, 0.6) is 0 Å². The Bertz CT molecular complexity index is 1540. The summed E-state index contributed by atoms with van der Waals surface area (Å²) < 4.78 is 3.23. The number of hydrogen-bond acceptors (Lipinski definition) is 2. The van der Waals surface area contributed by atoms with Crippen LogP contribution in [-0.4, -0.2) is 14.6 Å². The number of pyridine rings is 1. The quantitative estimate of drug-likeness (QED) is 0.263. The van der Waals surface area contributed by atoms with Crippen molar-refractivity contribution in [3.8, 4) is 22.5 Å². The molecule has 3 nitrogen and oxygen atoms in total. The van der Waals surface area contributed by atoms with E-state index in [0.717, 1.165) is 32.4 Å². The van der Waals surface area contributed by atoms with Crippen LogP contribution in [0.25, 0.3) is 49.8 Å². The van der Waals surface area contributed by atoms with E-state index in [0.29, 0.717) is 0 Å². The molecule has 6 aromatic rings. The molecule has 0 radical (unpaired) electrons. The second kappa shape index (κ2) is 6.78. The number of benzene rings is 4. The van der Waals surface area contributed by atoms with E-state index in [9.17, 15) is 0 Å². The number of nitrogens with zero attached hydrogens (tertiary/aromatic N) is 3. The van der Waals surface area contributed by atoms with Crippen LogP contribution in [-0.2, 0) is 0 Å². The second-order valence-corrected chi connectivity index (χ2v) is 8.25. The van der Waals surface area contributed by atoms with Gasteiger partial charge >= 0.3 is 0 Å². The fourth-order valence-corrected chi connectivity index (χ4v) is 4.52. The molecule has 30 heavy (non-hydrogen) atoms. The maximum Gasteiger partial charge on any atom is 0.169 e. The summed E-state index contributed by atoms with van der Waals surface area (Å²) in [6.07, 6.45) is 0. The van der Waals surface area contributed by atoms with Crippen molar-refractivity contribution in [1.82, 2.24) is 14.6 Å². The smallest absolute Gasteiger partial charge is 0.169 e. The van der Waals surface area contributed by atoms with Crippen molar-refractivity contribution >= 4 is 43.3 Å². The van der Waals surface area contributed by atoms with Crippen molar-refractivity contribution in [2.24, 2.45) is 0 Å². The lowest BCUT2D eigenvalue weighted by Crippen LogP contribution is -1.94. The Morgan fingerprint density at radius 2 is 1.30 bits per heavy atom. The number of halogens is 1. The zero-order valence-corrected chi connectivity index (χ0v) is 17.5. The summed E-state index contributed by atoms with van der Waals surface area (Å²) in [7, 11) is 0. The van der Waals surface area contributed by atoms with E-state index in [1.807, 2.05) is 24.3 Å². The molecule has 0 bridgehead atoms. The molecular formula is C26H16BrN3. The molecule has 0 fully saturated rings. The van der Waals surface area contributed by atoms with Crippen molar-refractivity contribution in [3.05, 3.63) is 102 Å². The molecule has 0 N–H and O–H groups in total. The molecule has 4 aromatic carbocycles. The number of rotatable bonds is 2. The van der Waals surface area contributed by atoms with Gasteiger partial charge in [0.05, 0.1) is 5.52 Å².